The lowest BCUT2D eigenvalue weighted by Crippen LogP contribution is -2.18. The first-order chi connectivity index (χ1) is 9.01. The molecule has 4 nitrogen and oxygen atoms in total. The highest BCUT2D eigenvalue weighted by atomic mass is 19.1. The number of aryl methyl sites for hydroxylation is 2. The Bertz CT molecular complexity index is 542. The zero-order valence-corrected chi connectivity index (χ0v) is 11.4. The lowest BCUT2D eigenvalue weighted by molar-refractivity contribution is 0.303. The van der Waals surface area contributed by atoms with E-state index in [9.17, 15) is 4.39 Å². The van der Waals surface area contributed by atoms with Gasteiger partial charge >= 0.3 is 0 Å². The van der Waals surface area contributed by atoms with Crippen molar-refractivity contribution in [2.75, 3.05) is 6.54 Å². The Morgan fingerprint density at radius 3 is 2.68 bits per heavy atom. The number of aliphatic imine (C=N–C) groups is 2. The molecule has 1 fully saturated rings. The largest absolute Gasteiger partial charge is 0.390 e. The summed E-state index contributed by atoms with van der Waals surface area (Å²) in [5.74, 6) is -0.216. The Kier molecular flexibility index (Phi) is 3.66. The SMILES string of the molecule is Cc1cc(C)c([C@]2(CN=CN=CN)O[C@H]2C)cc1F. The van der Waals surface area contributed by atoms with Gasteiger partial charge in [-0.05, 0) is 43.5 Å². The zero-order valence-electron chi connectivity index (χ0n) is 11.4. The van der Waals surface area contributed by atoms with E-state index in [4.69, 9.17) is 10.5 Å². The molecule has 2 atom stereocenters. The van der Waals surface area contributed by atoms with E-state index in [1.54, 1.807) is 13.0 Å². The number of rotatable bonds is 4. The zero-order chi connectivity index (χ0) is 14.0. The van der Waals surface area contributed by atoms with Crippen molar-refractivity contribution < 1.29 is 9.13 Å². The quantitative estimate of drug-likeness (QED) is 0.513. The van der Waals surface area contributed by atoms with E-state index < -0.39 is 5.60 Å². The smallest absolute Gasteiger partial charge is 0.139 e. The molecule has 0 saturated carbocycles. The number of epoxide rings is 1. The van der Waals surface area contributed by atoms with Gasteiger partial charge in [-0.2, -0.15) is 0 Å². The third kappa shape index (κ3) is 2.51. The van der Waals surface area contributed by atoms with Crippen LogP contribution in [0.4, 0.5) is 4.39 Å². The van der Waals surface area contributed by atoms with Crippen LogP contribution in [0.25, 0.3) is 0 Å². The van der Waals surface area contributed by atoms with Crippen molar-refractivity contribution in [2.24, 2.45) is 15.7 Å². The molecule has 2 N–H and O–H groups in total. The molecule has 0 amide bonds. The van der Waals surface area contributed by atoms with Gasteiger partial charge in [-0.1, -0.05) is 6.07 Å². The molecule has 0 radical (unpaired) electrons. The Balaban J connectivity index is 2.30. The molecule has 102 valence electrons. The molecule has 5 heteroatoms. The molecule has 0 spiro atoms. The lowest BCUT2D eigenvalue weighted by Gasteiger charge is -2.14. The van der Waals surface area contributed by atoms with E-state index in [0.717, 1.165) is 11.1 Å². The molecular formula is C14H18FN3O. The molecule has 1 aromatic rings. The summed E-state index contributed by atoms with van der Waals surface area (Å²) in [6, 6.07) is 3.39. The number of hydrogen-bond donors (Lipinski definition) is 1. The minimum Gasteiger partial charge on any atom is -0.390 e. The number of benzene rings is 1. The second-order valence-electron chi connectivity index (χ2n) is 4.82. The average Bonchev–Trinajstić information content (AvgIpc) is 3.01. The Hall–Kier alpha value is -1.75. The summed E-state index contributed by atoms with van der Waals surface area (Å²) in [7, 11) is 0. The fourth-order valence-corrected chi connectivity index (χ4v) is 2.36. The molecule has 19 heavy (non-hydrogen) atoms. The monoisotopic (exact) mass is 263 g/mol. The van der Waals surface area contributed by atoms with Gasteiger partial charge in [0.25, 0.3) is 0 Å². The number of halogens is 1. The molecule has 1 saturated heterocycles. The van der Waals surface area contributed by atoms with E-state index in [2.05, 4.69) is 9.98 Å². The van der Waals surface area contributed by atoms with E-state index in [0.29, 0.717) is 12.1 Å². The Morgan fingerprint density at radius 2 is 2.11 bits per heavy atom. The summed E-state index contributed by atoms with van der Waals surface area (Å²) in [5, 5.41) is 0. The van der Waals surface area contributed by atoms with Crippen LogP contribution in [0.1, 0.15) is 23.6 Å². The molecule has 0 aliphatic carbocycles. The van der Waals surface area contributed by atoms with E-state index in [1.807, 2.05) is 19.9 Å². The van der Waals surface area contributed by atoms with E-state index in [-0.39, 0.29) is 11.9 Å². The minimum absolute atomic E-state index is 0.0207. The lowest BCUT2D eigenvalue weighted by atomic mass is 9.90. The third-order valence-corrected chi connectivity index (χ3v) is 3.51. The van der Waals surface area contributed by atoms with Gasteiger partial charge < -0.3 is 10.5 Å². The second-order valence-corrected chi connectivity index (χ2v) is 4.82. The predicted octanol–water partition coefficient (Wildman–Crippen LogP) is 2.07. The van der Waals surface area contributed by atoms with Gasteiger partial charge in [0.05, 0.1) is 19.0 Å². The normalized spacial score (nSPS) is 26.4. The molecule has 1 heterocycles. The first-order valence-corrected chi connectivity index (χ1v) is 6.18. The maximum Gasteiger partial charge on any atom is 0.139 e. The van der Waals surface area contributed by atoms with Crippen molar-refractivity contribution in [2.45, 2.75) is 32.5 Å². The molecule has 1 aliphatic heterocycles. The van der Waals surface area contributed by atoms with Gasteiger partial charge in [0.2, 0.25) is 0 Å². The third-order valence-electron chi connectivity index (χ3n) is 3.51. The summed E-state index contributed by atoms with van der Waals surface area (Å²) in [6.45, 7) is 6.08. The number of hydrogen-bond acceptors (Lipinski definition) is 2. The predicted molar refractivity (Wildman–Crippen MR) is 74.1 cm³/mol. The van der Waals surface area contributed by atoms with E-state index in [1.165, 1.54) is 12.7 Å². The van der Waals surface area contributed by atoms with Crippen LogP contribution in [-0.2, 0) is 10.3 Å². The molecule has 0 aromatic heterocycles. The number of nitrogens with two attached hydrogens (primary N) is 1. The summed E-state index contributed by atoms with van der Waals surface area (Å²) < 4.78 is 19.4. The molecular weight excluding hydrogens is 245 g/mol. The standard InChI is InChI=1S/C14H18FN3O/c1-9-4-10(2)13(15)5-12(9)14(11(3)19-14)6-17-8-18-7-16/h4-5,7-8,11H,6H2,1-3H3,(H2,16,17,18)/t11-,14+/m0/s1. The molecule has 0 bridgehead atoms. The topological polar surface area (TPSA) is 63.3 Å². The number of ether oxygens (including phenoxy) is 1. The van der Waals surface area contributed by atoms with Gasteiger partial charge in [0, 0.05) is 0 Å². The maximum absolute atomic E-state index is 13.8. The fraction of sp³-hybridized carbons (Fsp3) is 0.429. The molecule has 2 rings (SSSR count). The van der Waals surface area contributed by atoms with Gasteiger partial charge in [-0.3, -0.25) is 4.99 Å². The van der Waals surface area contributed by atoms with Crippen molar-refractivity contribution in [3.05, 3.63) is 34.6 Å². The molecule has 1 aliphatic rings. The minimum atomic E-state index is -0.529. The van der Waals surface area contributed by atoms with Gasteiger partial charge in [0.1, 0.15) is 17.8 Å². The van der Waals surface area contributed by atoms with E-state index >= 15 is 0 Å². The Morgan fingerprint density at radius 1 is 1.42 bits per heavy atom. The first kappa shape index (κ1) is 13.7. The van der Waals surface area contributed by atoms with Crippen LogP contribution in [0.15, 0.2) is 22.1 Å². The fourth-order valence-electron chi connectivity index (χ4n) is 2.36. The summed E-state index contributed by atoms with van der Waals surface area (Å²) in [5.41, 5.74) is 7.11. The number of nitrogens with zero attached hydrogens (tertiary/aromatic N) is 2. The van der Waals surface area contributed by atoms with Crippen LogP contribution in [-0.4, -0.2) is 25.3 Å². The van der Waals surface area contributed by atoms with Crippen molar-refractivity contribution in [3.63, 3.8) is 0 Å². The van der Waals surface area contributed by atoms with Crippen molar-refractivity contribution in [3.8, 4) is 0 Å². The van der Waals surface area contributed by atoms with Crippen LogP contribution in [0.2, 0.25) is 0 Å². The van der Waals surface area contributed by atoms with Crippen LogP contribution < -0.4 is 5.73 Å². The van der Waals surface area contributed by atoms with Crippen LogP contribution in [0.3, 0.4) is 0 Å². The van der Waals surface area contributed by atoms with Crippen molar-refractivity contribution in [1.29, 1.82) is 0 Å². The first-order valence-electron chi connectivity index (χ1n) is 6.18. The van der Waals surface area contributed by atoms with Crippen LogP contribution in [0.5, 0.6) is 0 Å². The van der Waals surface area contributed by atoms with Crippen molar-refractivity contribution in [1.82, 2.24) is 0 Å². The highest BCUT2D eigenvalue weighted by Crippen LogP contribution is 2.47. The van der Waals surface area contributed by atoms with Crippen LogP contribution in [0, 0.1) is 19.7 Å². The molecule has 1 aromatic carbocycles. The van der Waals surface area contributed by atoms with Gasteiger partial charge in [-0.25, -0.2) is 9.38 Å². The summed E-state index contributed by atoms with van der Waals surface area (Å²) >= 11 is 0. The molecule has 0 unspecified atom stereocenters. The highest BCUT2D eigenvalue weighted by Gasteiger charge is 2.55. The van der Waals surface area contributed by atoms with Crippen molar-refractivity contribution >= 4 is 12.7 Å². The summed E-state index contributed by atoms with van der Waals surface area (Å²) in [4.78, 5) is 7.87. The highest BCUT2D eigenvalue weighted by molar-refractivity contribution is 5.69. The van der Waals surface area contributed by atoms with Crippen LogP contribution >= 0.6 is 0 Å². The second kappa shape index (κ2) is 5.09. The maximum atomic E-state index is 13.8. The van der Waals surface area contributed by atoms with Gasteiger partial charge in [0.15, 0.2) is 0 Å². The Labute approximate surface area is 112 Å². The van der Waals surface area contributed by atoms with Gasteiger partial charge in [-0.15, -0.1) is 0 Å². The summed E-state index contributed by atoms with van der Waals surface area (Å²) in [6.07, 6.45) is 2.58. The average molecular weight is 263 g/mol.